The van der Waals surface area contributed by atoms with Crippen LogP contribution in [0.4, 0.5) is 0 Å². The number of carbonyl (C=O) groups excluding carboxylic acids is 1. The number of methoxy groups -OCH3 is 4. The SMILES string of the molecule is COc1cc(OC)cc(C(CC(=O)NCCc2ccc(OC)c(OC)c2)c2cnc3c(OCc4ccccc4)cccn23)c1. The normalized spacial score (nSPS) is 11.5. The first-order chi connectivity index (χ1) is 21.5. The molecule has 5 aromatic rings. The van der Waals surface area contributed by atoms with Crippen molar-refractivity contribution in [3.63, 3.8) is 0 Å². The van der Waals surface area contributed by atoms with Gasteiger partial charge in [0.2, 0.25) is 5.91 Å². The van der Waals surface area contributed by atoms with Crippen LogP contribution in [0.5, 0.6) is 28.7 Å². The lowest BCUT2D eigenvalue weighted by atomic mass is 9.91. The van der Waals surface area contributed by atoms with E-state index in [9.17, 15) is 4.79 Å². The highest BCUT2D eigenvalue weighted by Crippen LogP contribution is 2.35. The number of hydrogen-bond donors (Lipinski definition) is 1. The molecule has 1 unspecified atom stereocenters. The average molecular weight is 596 g/mol. The number of hydrogen-bond acceptors (Lipinski definition) is 7. The van der Waals surface area contributed by atoms with Gasteiger partial charge < -0.3 is 33.4 Å². The number of pyridine rings is 1. The van der Waals surface area contributed by atoms with E-state index in [1.807, 2.05) is 89.5 Å². The summed E-state index contributed by atoms with van der Waals surface area (Å²) in [5.74, 6) is 2.81. The molecule has 0 fully saturated rings. The van der Waals surface area contributed by atoms with Gasteiger partial charge in [0.05, 0.1) is 34.1 Å². The van der Waals surface area contributed by atoms with Crippen molar-refractivity contribution in [3.8, 4) is 28.7 Å². The van der Waals surface area contributed by atoms with Crippen LogP contribution in [-0.2, 0) is 17.8 Å². The summed E-state index contributed by atoms with van der Waals surface area (Å²) >= 11 is 0. The maximum atomic E-state index is 13.4. The van der Waals surface area contributed by atoms with Crippen molar-refractivity contribution in [1.82, 2.24) is 14.7 Å². The van der Waals surface area contributed by atoms with Crippen molar-refractivity contribution in [2.24, 2.45) is 0 Å². The third-order valence-electron chi connectivity index (χ3n) is 7.47. The van der Waals surface area contributed by atoms with Crippen LogP contribution in [0, 0.1) is 0 Å². The van der Waals surface area contributed by atoms with Gasteiger partial charge in [0.1, 0.15) is 18.1 Å². The van der Waals surface area contributed by atoms with Gasteiger partial charge in [-0.1, -0.05) is 36.4 Å². The lowest BCUT2D eigenvalue weighted by Gasteiger charge is -2.19. The molecule has 1 amide bonds. The van der Waals surface area contributed by atoms with E-state index in [1.165, 1.54) is 0 Å². The van der Waals surface area contributed by atoms with E-state index in [0.29, 0.717) is 54.0 Å². The van der Waals surface area contributed by atoms with Crippen LogP contribution in [0.25, 0.3) is 5.65 Å². The Kier molecular flexibility index (Phi) is 9.86. The van der Waals surface area contributed by atoms with Crippen molar-refractivity contribution < 1.29 is 28.5 Å². The first-order valence-electron chi connectivity index (χ1n) is 14.4. The smallest absolute Gasteiger partial charge is 0.221 e. The van der Waals surface area contributed by atoms with Crippen LogP contribution < -0.4 is 29.0 Å². The lowest BCUT2D eigenvalue weighted by Crippen LogP contribution is -2.27. The van der Waals surface area contributed by atoms with Crippen molar-refractivity contribution in [2.45, 2.75) is 25.4 Å². The molecule has 0 aliphatic carbocycles. The summed E-state index contributed by atoms with van der Waals surface area (Å²) in [4.78, 5) is 18.2. The number of imidazole rings is 1. The van der Waals surface area contributed by atoms with E-state index in [2.05, 4.69) is 5.32 Å². The molecule has 9 heteroatoms. The molecule has 9 nitrogen and oxygen atoms in total. The molecular formula is C35H37N3O6. The van der Waals surface area contributed by atoms with Gasteiger partial charge >= 0.3 is 0 Å². The molecule has 44 heavy (non-hydrogen) atoms. The molecular weight excluding hydrogens is 558 g/mol. The summed E-state index contributed by atoms with van der Waals surface area (Å²) in [6.07, 6.45) is 4.57. The Hall–Kier alpha value is -5.18. The van der Waals surface area contributed by atoms with Gasteiger partial charge in [-0.3, -0.25) is 4.79 Å². The second kappa shape index (κ2) is 14.3. The molecule has 0 radical (unpaired) electrons. The molecule has 0 saturated carbocycles. The molecule has 228 valence electrons. The van der Waals surface area contributed by atoms with Gasteiger partial charge in [0.15, 0.2) is 22.9 Å². The molecule has 1 N–H and O–H groups in total. The van der Waals surface area contributed by atoms with Gasteiger partial charge in [-0.05, 0) is 59.5 Å². The molecule has 0 spiro atoms. The van der Waals surface area contributed by atoms with E-state index in [0.717, 1.165) is 22.4 Å². The summed E-state index contributed by atoms with van der Waals surface area (Å²) in [5.41, 5.74) is 4.48. The number of rotatable bonds is 14. The van der Waals surface area contributed by atoms with E-state index in [4.69, 9.17) is 28.7 Å². The highest BCUT2D eigenvalue weighted by Gasteiger charge is 2.24. The first-order valence-corrected chi connectivity index (χ1v) is 14.4. The molecule has 0 saturated heterocycles. The second-order valence-corrected chi connectivity index (χ2v) is 10.2. The zero-order valence-corrected chi connectivity index (χ0v) is 25.4. The number of amides is 1. The van der Waals surface area contributed by atoms with Crippen LogP contribution in [0.3, 0.4) is 0 Å². The van der Waals surface area contributed by atoms with Gasteiger partial charge in [-0.2, -0.15) is 0 Å². The maximum absolute atomic E-state index is 13.4. The van der Waals surface area contributed by atoms with Crippen LogP contribution in [0.2, 0.25) is 0 Å². The zero-order chi connectivity index (χ0) is 30.9. The topological polar surface area (TPSA) is 92.6 Å². The van der Waals surface area contributed by atoms with Crippen molar-refractivity contribution in [2.75, 3.05) is 35.0 Å². The third kappa shape index (κ3) is 7.06. The van der Waals surface area contributed by atoms with Crippen molar-refractivity contribution in [3.05, 3.63) is 114 Å². The summed E-state index contributed by atoms with van der Waals surface area (Å²) in [5, 5.41) is 3.09. The van der Waals surface area contributed by atoms with Gasteiger partial charge in [0, 0.05) is 37.3 Å². The molecule has 3 aromatic carbocycles. The van der Waals surface area contributed by atoms with Crippen LogP contribution >= 0.6 is 0 Å². The standard InChI is InChI=1S/C35H37N3O6/c1-40-27-18-26(19-28(20-27)41-2)29(21-34(39)36-15-14-24-12-13-31(42-3)33(17-24)43-4)30-22-37-35-32(11-8-16-38(30)35)44-23-25-9-6-5-7-10-25/h5-13,16-20,22,29H,14-15,21,23H2,1-4H3,(H,36,39). The molecule has 0 aliphatic heterocycles. The van der Waals surface area contributed by atoms with Gasteiger partial charge in [-0.15, -0.1) is 0 Å². The minimum Gasteiger partial charge on any atom is -0.497 e. The molecule has 0 aliphatic rings. The Balaban J connectivity index is 1.39. The number of aromatic nitrogens is 2. The first kappa shape index (κ1) is 30.3. The highest BCUT2D eigenvalue weighted by molar-refractivity contribution is 5.77. The van der Waals surface area contributed by atoms with E-state index >= 15 is 0 Å². The Morgan fingerprint density at radius 1 is 0.795 bits per heavy atom. The van der Waals surface area contributed by atoms with Crippen molar-refractivity contribution in [1.29, 1.82) is 0 Å². The molecule has 1 atom stereocenters. The third-order valence-corrected chi connectivity index (χ3v) is 7.47. The minimum absolute atomic E-state index is 0.0938. The number of ether oxygens (including phenoxy) is 5. The monoisotopic (exact) mass is 595 g/mol. The minimum atomic E-state index is -0.348. The predicted molar refractivity (Wildman–Crippen MR) is 168 cm³/mol. The van der Waals surface area contributed by atoms with Crippen molar-refractivity contribution >= 4 is 11.6 Å². The highest BCUT2D eigenvalue weighted by atomic mass is 16.5. The van der Waals surface area contributed by atoms with Crippen LogP contribution in [-0.4, -0.2) is 50.3 Å². The predicted octanol–water partition coefficient (Wildman–Crippen LogP) is 5.83. The fourth-order valence-electron chi connectivity index (χ4n) is 5.17. The largest absolute Gasteiger partial charge is 0.497 e. The van der Waals surface area contributed by atoms with Crippen LogP contribution in [0.15, 0.2) is 91.3 Å². The second-order valence-electron chi connectivity index (χ2n) is 10.2. The lowest BCUT2D eigenvalue weighted by molar-refractivity contribution is -0.121. The summed E-state index contributed by atoms with van der Waals surface area (Å²) < 4.78 is 30.0. The Bertz CT molecular complexity index is 1680. The molecule has 2 heterocycles. The summed E-state index contributed by atoms with van der Waals surface area (Å²) in [7, 11) is 6.43. The van der Waals surface area contributed by atoms with E-state index < -0.39 is 0 Å². The average Bonchev–Trinajstić information content (AvgIpc) is 3.50. The quantitative estimate of drug-likeness (QED) is 0.173. The van der Waals surface area contributed by atoms with Crippen LogP contribution in [0.1, 0.15) is 34.7 Å². The molecule has 0 bridgehead atoms. The van der Waals surface area contributed by atoms with E-state index in [-0.39, 0.29) is 18.2 Å². The van der Waals surface area contributed by atoms with Gasteiger partial charge in [-0.25, -0.2) is 4.98 Å². The fraction of sp³-hybridized carbons (Fsp3) is 0.257. The molecule has 5 rings (SSSR count). The summed E-state index contributed by atoms with van der Waals surface area (Å²) in [6.45, 7) is 0.884. The Morgan fingerprint density at radius 2 is 1.55 bits per heavy atom. The Labute approximate surface area is 257 Å². The Morgan fingerprint density at radius 3 is 2.25 bits per heavy atom. The summed E-state index contributed by atoms with van der Waals surface area (Å²) in [6, 6.07) is 25.2. The fourth-order valence-corrected chi connectivity index (χ4v) is 5.17. The number of fused-ring (bicyclic) bond motifs is 1. The van der Waals surface area contributed by atoms with E-state index in [1.54, 1.807) is 34.6 Å². The maximum Gasteiger partial charge on any atom is 0.221 e. The number of nitrogens with one attached hydrogen (secondary N) is 1. The number of benzene rings is 3. The molecule has 2 aromatic heterocycles. The zero-order valence-electron chi connectivity index (χ0n) is 25.4. The van der Waals surface area contributed by atoms with Gasteiger partial charge in [0.25, 0.3) is 0 Å². The number of nitrogens with zero attached hydrogens (tertiary/aromatic N) is 2. The number of carbonyl (C=O) groups is 1.